The summed E-state index contributed by atoms with van der Waals surface area (Å²) in [6, 6.07) is 44.5. The number of hydrogen-bond acceptors (Lipinski definition) is 16. The summed E-state index contributed by atoms with van der Waals surface area (Å²) in [5.74, 6) is 0.647. The van der Waals surface area contributed by atoms with Gasteiger partial charge in [0.25, 0.3) is 20.0 Å². The number of benzene rings is 8. The van der Waals surface area contributed by atoms with Crippen LogP contribution in [0.3, 0.4) is 0 Å². The van der Waals surface area contributed by atoms with Crippen LogP contribution in [-0.4, -0.2) is 99.1 Å². The number of carbonyl (C=O) groups excluding carboxylic acids is 2. The quantitative estimate of drug-likeness (QED) is 0.0520. The van der Waals surface area contributed by atoms with E-state index in [9.17, 15) is 43.3 Å². The monoisotopic (exact) mass is 1250 g/mol. The van der Waals surface area contributed by atoms with Gasteiger partial charge in [-0.15, -0.1) is 0 Å². The molecule has 18 nitrogen and oxygen atoms in total. The van der Waals surface area contributed by atoms with E-state index < -0.39 is 52.2 Å². The molecule has 1 N–H and O–H groups in total. The number of nitrogens with one attached hydrogen (secondary N) is 1. The molecule has 0 radical (unpaired) electrons. The van der Waals surface area contributed by atoms with Crippen molar-refractivity contribution in [2.24, 2.45) is 0 Å². The molecule has 0 unspecified atom stereocenters. The van der Waals surface area contributed by atoms with Crippen LogP contribution in [0.4, 0.5) is 11.4 Å². The second-order valence-electron chi connectivity index (χ2n) is 17.2. The Bertz CT molecular complexity index is 3810. The molecular formula is C58H59BrN2O16S4. The van der Waals surface area contributed by atoms with E-state index >= 15 is 0 Å². The lowest BCUT2D eigenvalue weighted by atomic mass is 10.0. The highest BCUT2D eigenvalue weighted by atomic mass is 79.9. The first-order valence-corrected chi connectivity index (χ1v) is 32.0. The molecule has 8 aromatic rings. The van der Waals surface area contributed by atoms with E-state index in [0.717, 1.165) is 4.31 Å². The third kappa shape index (κ3) is 16.0. The van der Waals surface area contributed by atoms with Crippen LogP contribution < -0.4 is 28.0 Å². The van der Waals surface area contributed by atoms with E-state index in [1.54, 1.807) is 117 Å². The molecule has 0 aliphatic carbocycles. The fourth-order valence-corrected chi connectivity index (χ4v) is 13.5. The second-order valence-corrected chi connectivity index (χ2v) is 25.3. The number of methoxy groups -OCH3 is 4. The number of rotatable bonds is 21. The molecule has 23 heteroatoms. The largest absolute Gasteiger partial charge is 0.497 e. The number of ether oxygens (including phenoxy) is 6. The zero-order chi connectivity index (χ0) is 59.0. The van der Waals surface area contributed by atoms with Gasteiger partial charge < -0.3 is 28.4 Å². The van der Waals surface area contributed by atoms with E-state index in [4.69, 9.17) is 23.7 Å². The zero-order valence-electron chi connectivity index (χ0n) is 44.9. The molecule has 0 amide bonds. The summed E-state index contributed by atoms with van der Waals surface area (Å²) in [6.07, 6.45) is 0. The number of halogens is 1. The maximum atomic E-state index is 13.8. The molecule has 0 aliphatic rings. The van der Waals surface area contributed by atoms with Crippen molar-refractivity contribution in [3.05, 3.63) is 181 Å². The van der Waals surface area contributed by atoms with Gasteiger partial charge in [-0.2, -0.15) is 0 Å². The van der Waals surface area contributed by atoms with Crippen molar-refractivity contribution in [2.45, 2.75) is 44.9 Å². The molecular weight excluding hydrogens is 1190 g/mol. The first-order valence-electron chi connectivity index (χ1n) is 24.6. The van der Waals surface area contributed by atoms with Crippen LogP contribution in [0.25, 0.3) is 21.5 Å². The van der Waals surface area contributed by atoms with Crippen LogP contribution in [-0.2, 0) is 70.3 Å². The van der Waals surface area contributed by atoms with Crippen molar-refractivity contribution in [2.75, 3.05) is 62.6 Å². The summed E-state index contributed by atoms with van der Waals surface area (Å²) in [5, 5.41) is 2.54. The van der Waals surface area contributed by atoms with Crippen LogP contribution >= 0.6 is 15.9 Å². The van der Waals surface area contributed by atoms with Crippen LogP contribution in [0.1, 0.15) is 25.0 Å². The third-order valence-corrected chi connectivity index (χ3v) is 19.0. The Morgan fingerprint density at radius 2 is 0.815 bits per heavy atom. The molecule has 0 aromatic heterocycles. The van der Waals surface area contributed by atoms with E-state index in [-0.39, 0.29) is 49.4 Å². The van der Waals surface area contributed by atoms with Crippen molar-refractivity contribution in [3.8, 4) is 23.0 Å². The van der Waals surface area contributed by atoms with E-state index in [0.29, 0.717) is 73.3 Å². The molecule has 0 spiro atoms. The SMILES string of the molecule is CCOC(=O)CBr.CCOC(=O)CN(c1ccc(CS(=O)(=O)c2ccc(OC)cc2)c2ccccc12)S(=O)(=O)c1ccc(OC)cc1.COc1ccc(S(=O)(=O)Cc2ccc(NS(=O)(=O)c3ccc(OC)cc3)c3ccccc23)cc1. The van der Waals surface area contributed by atoms with Crippen molar-refractivity contribution in [3.63, 3.8) is 0 Å². The van der Waals surface area contributed by atoms with Gasteiger partial charge in [0.15, 0.2) is 19.7 Å². The fraction of sp³-hybridized carbons (Fsp3) is 0.207. The van der Waals surface area contributed by atoms with Crippen LogP contribution in [0.2, 0.25) is 0 Å². The van der Waals surface area contributed by atoms with Gasteiger partial charge in [0.05, 0.1) is 84.1 Å². The zero-order valence-corrected chi connectivity index (χ0v) is 49.8. The summed E-state index contributed by atoms with van der Waals surface area (Å²) in [5.41, 5.74) is 1.62. The van der Waals surface area contributed by atoms with Crippen LogP contribution in [0.15, 0.2) is 189 Å². The Morgan fingerprint density at radius 1 is 0.444 bits per heavy atom. The van der Waals surface area contributed by atoms with Gasteiger partial charge in [0.1, 0.15) is 34.9 Å². The smallest absolute Gasteiger partial charge is 0.326 e. The first-order chi connectivity index (χ1) is 38.6. The molecule has 0 aliphatic heterocycles. The van der Waals surface area contributed by atoms with Gasteiger partial charge >= 0.3 is 11.9 Å². The van der Waals surface area contributed by atoms with Crippen molar-refractivity contribution < 1.29 is 71.7 Å². The lowest BCUT2D eigenvalue weighted by molar-refractivity contribution is -0.141. The average molecular weight is 1250 g/mol. The van der Waals surface area contributed by atoms with Crippen molar-refractivity contribution in [1.82, 2.24) is 0 Å². The fourth-order valence-electron chi connectivity index (χ4n) is 8.06. The predicted octanol–water partition coefficient (Wildman–Crippen LogP) is 10.2. The normalized spacial score (nSPS) is 11.4. The molecule has 0 bridgehead atoms. The van der Waals surface area contributed by atoms with Gasteiger partial charge in [0.2, 0.25) is 0 Å². The number of anilines is 2. The first kappa shape index (κ1) is 62.5. The Morgan fingerprint density at radius 3 is 1.22 bits per heavy atom. The molecule has 0 saturated carbocycles. The predicted molar refractivity (Wildman–Crippen MR) is 314 cm³/mol. The lowest BCUT2D eigenvalue weighted by Gasteiger charge is -2.26. The van der Waals surface area contributed by atoms with E-state index in [1.807, 2.05) is 0 Å². The molecule has 81 heavy (non-hydrogen) atoms. The number of carbonyl (C=O) groups is 2. The molecule has 428 valence electrons. The summed E-state index contributed by atoms with van der Waals surface area (Å²) in [6.45, 7) is 3.38. The highest BCUT2D eigenvalue weighted by Gasteiger charge is 2.30. The van der Waals surface area contributed by atoms with E-state index in [1.165, 1.54) is 95.2 Å². The summed E-state index contributed by atoms with van der Waals surface area (Å²) < 4.78 is 140. The minimum atomic E-state index is -4.23. The lowest BCUT2D eigenvalue weighted by Crippen LogP contribution is -2.36. The number of sulfonamides is 2. The number of fused-ring (bicyclic) bond motifs is 2. The molecule has 8 aromatic carbocycles. The number of esters is 2. The van der Waals surface area contributed by atoms with Gasteiger partial charge in [-0.05, 0) is 145 Å². The topological polar surface area (TPSA) is 241 Å². The Hall–Kier alpha value is -7.70. The summed E-state index contributed by atoms with van der Waals surface area (Å²) in [4.78, 5) is 23.1. The Balaban J connectivity index is 0.000000236. The van der Waals surface area contributed by atoms with Gasteiger partial charge in [0, 0.05) is 10.8 Å². The van der Waals surface area contributed by atoms with Crippen molar-refractivity contribution in [1.29, 1.82) is 0 Å². The highest BCUT2D eigenvalue weighted by Crippen LogP contribution is 2.36. The third-order valence-electron chi connectivity index (χ3n) is 12.1. The maximum Gasteiger partial charge on any atom is 0.326 e. The van der Waals surface area contributed by atoms with Crippen LogP contribution in [0, 0.1) is 0 Å². The highest BCUT2D eigenvalue weighted by molar-refractivity contribution is 9.09. The van der Waals surface area contributed by atoms with Gasteiger partial charge in [-0.3, -0.25) is 18.6 Å². The molecule has 0 atom stereocenters. The number of hydrogen-bond donors (Lipinski definition) is 1. The van der Waals surface area contributed by atoms with Crippen LogP contribution in [0.5, 0.6) is 23.0 Å². The summed E-state index contributed by atoms with van der Waals surface area (Å²) in [7, 11) is -9.48. The Labute approximate surface area is 480 Å². The number of sulfone groups is 2. The number of alkyl halides is 1. The second kappa shape index (κ2) is 28.1. The minimum Gasteiger partial charge on any atom is -0.497 e. The summed E-state index contributed by atoms with van der Waals surface area (Å²) >= 11 is 2.94. The molecule has 8 rings (SSSR count). The number of nitrogens with zero attached hydrogens (tertiary/aromatic N) is 1. The molecule has 0 fully saturated rings. The minimum absolute atomic E-state index is 0.0483. The van der Waals surface area contributed by atoms with Gasteiger partial charge in [-0.25, -0.2) is 33.7 Å². The van der Waals surface area contributed by atoms with Crippen molar-refractivity contribution >= 4 is 101 Å². The van der Waals surface area contributed by atoms with E-state index in [2.05, 4.69) is 25.4 Å². The molecule has 0 saturated heterocycles. The van der Waals surface area contributed by atoms with Gasteiger partial charge in [-0.1, -0.05) is 76.6 Å². The molecule has 0 heterocycles. The average Bonchev–Trinajstić information content (AvgIpc) is 3.61. The Kier molecular flexibility index (Phi) is 21.7. The standard InChI is InChI=1S/C29H29NO8S2.C25H23NO6S2.C4H7BrO2/c1-4-38-29(31)19-30(40(34,35)25-16-12-23(37-3)13-17-25)28-18-9-21(26-7-5-6-8-27(26)28)20-39(32,33)24-14-10-22(36-2)11-15-24;1-31-19-8-12-21(13-9-19)33(27,28)17-18-7-16-25(24-6-4-3-5-23(18)24)26-34(29,30)22-14-10-20(32-2)11-15-22;1-2-7-4(6)3-5/h5-18H,4,19-20H2,1-3H3;3-16,26H,17H2,1-2H3;2-3H2,1H3. The maximum absolute atomic E-state index is 13.8.